The number of halogens is 2. The maximum atomic E-state index is 14.6. The molecule has 3 aliphatic rings. The smallest absolute Gasteiger partial charge is 0.414 e. The Bertz CT molecular complexity index is 614. The monoisotopic (exact) mass is 325 g/mol. The Labute approximate surface area is 131 Å². The Balaban J connectivity index is 1.66. The summed E-state index contributed by atoms with van der Waals surface area (Å²) in [6.07, 6.45) is 0.255. The van der Waals surface area contributed by atoms with E-state index in [1.807, 2.05) is 0 Å². The van der Waals surface area contributed by atoms with E-state index >= 15 is 0 Å². The minimum absolute atomic E-state index is 0.00761. The fourth-order valence-electron chi connectivity index (χ4n) is 3.53. The van der Waals surface area contributed by atoms with Crippen LogP contribution < -0.4 is 15.5 Å². The van der Waals surface area contributed by atoms with Crippen molar-refractivity contribution in [2.75, 3.05) is 29.5 Å². The Hall–Kier alpha value is -1.93. The molecule has 1 aromatic carbocycles. The molecule has 1 amide bonds. The van der Waals surface area contributed by atoms with Gasteiger partial charge in [0.2, 0.25) is 0 Å². The highest BCUT2D eigenvalue weighted by atomic mass is 19.1. The first-order chi connectivity index (χ1) is 11.1. The molecule has 3 aliphatic heterocycles. The quantitative estimate of drug-likeness (QED) is 0.914. The van der Waals surface area contributed by atoms with Crippen molar-refractivity contribution in [3.63, 3.8) is 0 Å². The highest BCUT2D eigenvalue weighted by molar-refractivity contribution is 5.90. The van der Waals surface area contributed by atoms with E-state index in [2.05, 4.69) is 0 Å². The molecule has 2 unspecified atom stereocenters. The standard InChI is InChI=1S/C15H17F2N3O3/c16-11-3-9(19-6-10(5-18)23-15(19)21)4-12(17)14(11)20-8-1-2-13(20)22-7-8/h3-4,8,10,13H,1-2,5-7,18H2/t8?,10-,13?/m0/s1. The number of ether oxygens (including phenoxy) is 2. The van der Waals surface area contributed by atoms with Gasteiger partial charge in [0.1, 0.15) is 18.0 Å². The number of amides is 1. The molecular weight excluding hydrogens is 308 g/mol. The first-order valence-electron chi connectivity index (χ1n) is 7.65. The molecule has 23 heavy (non-hydrogen) atoms. The van der Waals surface area contributed by atoms with Gasteiger partial charge in [-0.15, -0.1) is 0 Å². The topological polar surface area (TPSA) is 68.0 Å². The molecule has 3 fully saturated rings. The first kappa shape index (κ1) is 14.6. The lowest BCUT2D eigenvalue weighted by Crippen LogP contribution is -2.31. The number of carbonyl (C=O) groups excluding carboxylic acids is 1. The zero-order valence-corrected chi connectivity index (χ0v) is 12.4. The zero-order chi connectivity index (χ0) is 16.1. The third-order valence-corrected chi connectivity index (χ3v) is 4.64. The summed E-state index contributed by atoms with van der Waals surface area (Å²) in [5.74, 6) is -1.40. The average molecular weight is 325 g/mol. The highest BCUT2D eigenvalue weighted by Gasteiger charge is 2.43. The SMILES string of the molecule is NC[C@H]1CN(c2cc(F)c(N3C4CCC3OC4)c(F)c2)C(=O)O1. The van der Waals surface area contributed by atoms with Gasteiger partial charge in [0.15, 0.2) is 11.6 Å². The van der Waals surface area contributed by atoms with Crippen LogP contribution in [0, 0.1) is 11.6 Å². The molecule has 3 atom stereocenters. The van der Waals surface area contributed by atoms with Crippen molar-refractivity contribution in [3.05, 3.63) is 23.8 Å². The third-order valence-electron chi connectivity index (χ3n) is 4.64. The number of rotatable bonds is 3. The molecule has 124 valence electrons. The molecule has 0 saturated carbocycles. The summed E-state index contributed by atoms with van der Waals surface area (Å²) >= 11 is 0. The van der Waals surface area contributed by atoms with Crippen molar-refractivity contribution < 1.29 is 23.0 Å². The molecule has 2 N–H and O–H groups in total. The van der Waals surface area contributed by atoms with Crippen LogP contribution in [0.5, 0.6) is 0 Å². The molecule has 8 heteroatoms. The number of carbonyl (C=O) groups is 1. The minimum Gasteiger partial charge on any atom is -0.443 e. The van der Waals surface area contributed by atoms with Gasteiger partial charge in [-0.3, -0.25) is 4.90 Å². The van der Waals surface area contributed by atoms with Crippen LogP contribution in [-0.2, 0) is 9.47 Å². The van der Waals surface area contributed by atoms with Gasteiger partial charge in [-0.25, -0.2) is 13.6 Å². The molecule has 4 rings (SSSR count). The number of nitrogens with two attached hydrogens (primary N) is 1. The number of benzene rings is 1. The Morgan fingerprint density at radius 2 is 2.00 bits per heavy atom. The van der Waals surface area contributed by atoms with E-state index in [0.29, 0.717) is 6.61 Å². The summed E-state index contributed by atoms with van der Waals surface area (Å²) < 4.78 is 39.6. The Morgan fingerprint density at radius 1 is 1.26 bits per heavy atom. The lowest BCUT2D eigenvalue weighted by atomic mass is 10.2. The van der Waals surface area contributed by atoms with Crippen LogP contribution in [0.3, 0.4) is 0 Å². The maximum absolute atomic E-state index is 14.6. The number of cyclic esters (lactones) is 1. The van der Waals surface area contributed by atoms with Gasteiger partial charge < -0.3 is 20.1 Å². The molecule has 6 nitrogen and oxygen atoms in total. The predicted octanol–water partition coefficient (Wildman–Crippen LogP) is 1.57. The largest absolute Gasteiger partial charge is 0.443 e. The van der Waals surface area contributed by atoms with E-state index in [4.69, 9.17) is 15.2 Å². The van der Waals surface area contributed by atoms with E-state index in [9.17, 15) is 13.6 Å². The van der Waals surface area contributed by atoms with Crippen molar-refractivity contribution >= 4 is 17.5 Å². The fourth-order valence-corrected chi connectivity index (χ4v) is 3.53. The van der Waals surface area contributed by atoms with E-state index in [1.165, 1.54) is 4.90 Å². The number of fused-ring (bicyclic) bond motifs is 2. The molecule has 0 aliphatic carbocycles. The van der Waals surface area contributed by atoms with Gasteiger partial charge in [0.25, 0.3) is 0 Å². The average Bonchev–Trinajstić information content (AvgIpc) is 3.21. The highest BCUT2D eigenvalue weighted by Crippen LogP contribution is 2.40. The number of hydrogen-bond acceptors (Lipinski definition) is 5. The summed E-state index contributed by atoms with van der Waals surface area (Å²) in [7, 11) is 0. The van der Waals surface area contributed by atoms with Crippen LogP contribution in [0.15, 0.2) is 12.1 Å². The summed E-state index contributed by atoms with van der Waals surface area (Å²) in [4.78, 5) is 14.7. The number of nitrogens with zero attached hydrogens (tertiary/aromatic N) is 2. The van der Waals surface area contributed by atoms with Crippen molar-refractivity contribution in [3.8, 4) is 0 Å². The lowest BCUT2D eigenvalue weighted by Gasteiger charge is -2.24. The molecule has 0 spiro atoms. The minimum atomic E-state index is -0.702. The Kier molecular flexibility index (Phi) is 3.38. The van der Waals surface area contributed by atoms with Gasteiger partial charge in [-0.05, 0) is 12.8 Å². The number of hydrogen-bond donors (Lipinski definition) is 1. The van der Waals surface area contributed by atoms with E-state index < -0.39 is 23.8 Å². The van der Waals surface area contributed by atoms with Gasteiger partial charge in [0, 0.05) is 18.7 Å². The Morgan fingerprint density at radius 3 is 2.48 bits per heavy atom. The molecule has 3 saturated heterocycles. The van der Waals surface area contributed by atoms with Crippen LogP contribution in [0.25, 0.3) is 0 Å². The summed E-state index contributed by atoms with van der Waals surface area (Å²) in [5, 5.41) is 0. The van der Waals surface area contributed by atoms with Crippen molar-refractivity contribution in [1.82, 2.24) is 0 Å². The summed E-state index contributed by atoms with van der Waals surface area (Å²) in [6.45, 7) is 0.841. The van der Waals surface area contributed by atoms with Crippen molar-refractivity contribution in [2.24, 2.45) is 5.73 Å². The maximum Gasteiger partial charge on any atom is 0.414 e. The van der Waals surface area contributed by atoms with E-state index in [0.717, 1.165) is 25.0 Å². The van der Waals surface area contributed by atoms with Gasteiger partial charge >= 0.3 is 6.09 Å². The second kappa shape index (κ2) is 5.31. The lowest BCUT2D eigenvalue weighted by molar-refractivity contribution is 0.0856. The first-order valence-corrected chi connectivity index (χ1v) is 7.65. The molecule has 3 heterocycles. The van der Waals surface area contributed by atoms with Crippen LogP contribution in [0.2, 0.25) is 0 Å². The van der Waals surface area contributed by atoms with E-state index in [1.54, 1.807) is 4.90 Å². The van der Waals surface area contributed by atoms with Crippen molar-refractivity contribution in [2.45, 2.75) is 31.2 Å². The molecule has 1 aromatic rings. The summed E-state index contributed by atoms with van der Waals surface area (Å²) in [6, 6.07) is 2.33. The molecular formula is C15H17F2N3O3. The summed E-state index contributed by atoms with van der Waals surface area (Å²) in [5.41, 5.74) is 5.52. The predicted molar refractivity (Wildman–Crippen MR) is 78.3 cm³/mol. The second-order valence-electron chi connectivity index (χ2n) is 6.04. The molecule has 2 bridgehead atoms. The normalized spacial score (nSPS) is 29.5. The fraction of sp³-hybridized carbons (Fsp3) is 0.533. The third kappa shape index (κ3) is 2.24. The van der Waals surface area contributed by atoms with Gasteiger partial charge in [-0.1, -0.05) is 0 Å². The molecule has 0 radical (unpaired) electrons. The second-order valence-corrected chi connectivity index (χ2v) is 6.04. The number of anilines is 2. The zero-order valence-electron chi connectivity index (χ0n) is 12.4. The van der Waals surface area contributed by atoms with Gasteiger partial charge in [0.05, 0.1) is 24.9 Å². The van der Waals surface area contributed by atoms with Crippen LogP contribution >= 0.6 is 0 Å². The van der Waals surface area contributed by atoms with Crippen molar-refractivity contribution in [1.29, 1.82) is 0 Å². The van der Waals surface area contributed by atoms with E-state index in [-0.39, 0.29) is 36.7 Å². The van der Waals surface area contributed by atoms with Crippen LogP contribution in [-0.4, -0.2) is 44.2 Å². The van der Waals surface area contributed by atoms with Gasteiger partial charge in [-0.2, -0.15) is 0 Å². The van der Waals surface area contributed by atoms with Crippen LogP contribution in [0.4, 0.5) is 25.0 Å². The molecule has 0 aromatic heterocycles. The van der Waals surface area contributed by atoms with Crippen LogP contribution in [0.1, 0.15) is 12.8 Å².